The highest BCUT2D eigenvalue weighted by Crippen LogP contribution is 2.42. The van der Waals surface area contributed by atoms with E-state index in [2.05, 4.69) is 26.3 Å². The zero-order valence-electron chi connectivity index (χ0n) is 15.4. The minimum atomic E-state index is -0.584. The highest BCUT2D eigenvalue weighted by atomic mass is 79.9. The van der Waals surface area contributed by atoms with E-state index < -0.39 is 6.17 Å². The third-order valence-electron chi connectivity index (χ3n) is 4.46. The van der Waals surface area contributed by atoms with Crippen LogP contribution in [0, 0.1) is 0 Å². The number of hydrogen-bond acceptors (Lipinski definition) is 7. The number of carbonyl (C=O) groups is 1. The van der Waals surface area contributed by atoms with Crippen molar-refractivity contribution in [3.05, 3.63) is 57.0 Å². The first-order valence-corrected chi connectivity index (χ1v) is 10.4. The van der Waals surface area contributed by atoms with E-state index >= 15 is 0 Å². The van der Waals surface area contributed by atoms with Crippen molar-refractivity contribution in [2.45, 2.75) is 6.17 Å². The Morgan fingerprint density at radius 3 is 2.71 bits per heavy atom. The SMILES string of the molecule is COc1cc(Br)cc([C@H]2N=c3ccccc3=C3C(=O)NC(SC)=NN32)c1OC. The molecule has 0 radical (unpaired) electrons. The average Bonchev–Trinajstić information content (AvgIpc) is 2.71. The lowest BCUT2D eigenvalue weighted by Gasteiger charge is -2.34. The van der Waals surface area contributed by atoms with Crippen molar-refractivity contribution in [3.63, 3.8) is 0 Å². The van der Waals surface area contributed by atoms with Crippen molar-refractivity contribution < 1.29 is 14.3 Å². The van der Waals surface area contributed by atoms with Gasteiger partial charge in [-0.3, -0.25) is 15.1 Å². The van der Waals surface area contributed by atoms with Gasteiger partial charge in [0.2, 0.25) is 0 Å². The number of hydrazone groups is 1. The van der Waals surface area contributed by atoms with E-state index in [0.29, 0.717) is 22.4 Å². The molecule has 144 valence electrons. The second-order valence-electron chi connectivity index (χ2n) is 6.01. The monoisotopic (exact) mass is 460 g/mol. The summed E-state index contributed by atoms with van der Waals surface area (Å²) < 4.78 is 11.9. The third-order valence-corrected chi connectivity index (χ3v) is 5.49. The Labute approximate surface area is 174 Å². The van der Waals surface area contributed by atoms with Crippen LogP contribution in [0.4, 0.5) is 0 Å². The highest BCUT2D eigenvalue weighted by molar-refractivity contribution is 9.10. The average molecular weight is 461 g/mol. The summed E-state index contributed by atoms with van der Waals surface area (Å²) in [5.74, 6) is 0.899. The zero-order chi connectivity index (χ0) is 19.8. The Hall–Kier alpha value is -2.52. The first-order valence-electron chi connectivity index (χ1n) is 8.39. The van der Waals surface area contributed by atoms with Crippen LogP contribution in [-0.2, 0) is 4.79 Å². The van der Waals surface area contributed by atoms with Gasteiger partial charge in [0.05, 0.1) is 19.6 Å². The number of amidine groups is 1. The second-order valence-corrected chi connectivity index (χ2v) is 7.72. The molecule has 2 aliphatic rings. The summed E-state index contributed by atoms with van der Waals surface area (Å²) in [6.45, 7) is 0. The van der Waals surface area contributed by atoms with Gasteiger partial charge in [0.15, 0.2) is 22.8 Å². The molecule has 0 aromatic heterocycles. The van der Waals surface area contributed by atoms with Gasteiger partial charge in [-0.1, -0.05) is 45.9 Å². The first-order chi connectivity index (χ1) is 13.6. The summed E-state index contributed by atoms with van der Waals surface area (Å²) in [4.78, 5) is 17.8. The number of hydrogen-bond donors (Lipinski definition) is 1. The molecule has 0 bridgehead atoms. The molecule has 0 saturated carbocycles. The van der Waals surface area contributed by atoms with Crippen LogP contribution in [0.15, 0.2) is 51.0 Å². The van der Waals surface area contributed by atoms with Crippen molar-refractivity contribution in [1.29, 1.82) is 0 Å². The van der Waals surface area contributed by atoms with E-state index in [4.69, 9.17) is 14.5 Å². The number of para-hydroxylation sites is 1. The molecule has 7 nitrogen and oxygen atoms in total. The van der Waals surface area contributed by atoms with Crippen LogP contribution in [-0.4, -0.2) is 36.6 Å². The maximum Gasteiger partial charge on any atom is 0.276 e. The normalized spacial score (nSPS) is 17.8. The Morgan fingerprint density at radius 1 is 1.21 bits per heavy atom. The van der Waals surface area contributed by atoms with E-state index in [1.54, 1.807) is 19.2 Å². The number of nitrogens with one attached hydrogen (secondary N) is 1. The Morgan fingerprint density at radius 2 is 2.00 bits per heavy atom. The van der Waals surface area contributed by atoms with Crippen LogP contribution in [0.2, 0.25) is 0 Å². The van der Waals surface area contributed by atoms with Crippen molar-refractivity contribution in [2.24, 2.45) is 10.1 Å². The quantitative estimate of drug-likeness (QED) is 0.757. The van der Waals surface area contributed by atoms with Gasteiger partial charge in [0.25, 0.3) is 5.91 Å². The number of amides is 1. The molecule has 1 atom stereocenters. The number of carbonyl (C=O) groups excluding carboxylic acids is 1. The molecule has 0 saturated heterocycles. The lowest BCUT2D eigenvalue weighted by atomic mass is 10.1. The molecule has 1 N–H and O–H groups in total. The van der Waals surface area contributed by atoms with Gasteiger partial charge in [-0.25, -0.2) is 5.01 Å². The maximum absolute atomic E-state index is 12.9. The second kappa shape index (κ2) is 7.48. The topological polar surface area (TPSA) is 75.5 Å². The molecule has 28 heavy (non-hydrogen) atoms. The fraction of sp³-hybridized carbons (Fsp3) is 0.211. The molecule has 0 aliphatic carbocycles. The summed E-state index contributed by atoms with van der Waals surface area (Å²) >= 11 is 4.88. The van der Waals surface area contributed by atoms with Crippen LogP contribution in [0.5, 0.6) is 11.5 Å². The fourth-order valence-electron chi connectivity index (χ4n) is 3.27. The third kappa shape index (κ3) is 3.04. The molecule has 0 spiro atoms. The van der Waals surface area contributed by atoms with E-state index in [1.807, 2.05) is 42.7 Å². The first kappa shape index (κ1) is 18.8. The van der Waals surface area contributed by atoms with Gasteiger partial charge in [0, 0.05) is 15.3 Å². The van der Waals surface area contributed by atoms with E-state index in [-0.39, 0.29) is 5.91 Å². The Kier molecular flexibility index (Phi) is 5.03. The van der Waals surface area contributed by atoms with E-state index in [9.17, 15) is 4.79 Å². The molecule has 2 aromatic rings. The summed E-state index contributed by atoms with van der Waals surface area (Å²) in [7, 11) is 3.16. The van der Waals surface area contributed by atoms with Crippen LogP contribution in [0.1, 0.15) is 11.7 Å². The Bertz CT molecular complexity index is 1120. The summed E-state index contributed by atoms with van der Waals surface area (Å²) in [5.41, 5.74) is 1.19. The number of halogens is 1. The standard InChI is InChI=1S/C19H17BrN4O3S/c1-26-14-9-10(20)8-12(16(14)27-2)17-21-13-7-5-4-6-11(13)15-18(25)22-19(28-3)23-24(15)17/h4-9,17H,1-3H3,(H,22,23,25)/t17-/m0/s1. The van der Waals surface area contributed by atoms with Gasteiger partial charge in [-0.2, -0.15) is 0 Å². The molecular weight excluding hydrogens is 444 g/mol. The summed E-state index contributed by atoms with van der Waals surface area (Å²) in [6.07, 6.45) is 1.27. The largest absolute Gasteiger partial charge is 0.493 e. The fourth-order valence-corrected chi connectivity index (χ4v) is 4.09. The molecule has 0 fully saturated rings. The molecule has 2 aromatic carbocycles. The number of ether oxygens (including phenoxy) is 2. The minimum Gasteiger partial charge on any atom is -0.493 e. The number of benzene rings is 2. The van der Waals surface area contributed by atoms with E-state index in [1.165, 1.54) is 11.8 Å². The summed E-state index contributed by atoms with van der Waals surface area (Å²) in [6, 6.07) is 11.3. The van der Waals surface area contributed by atoms with Gasteiger partial charge in [-0.05, 0) is 24.5 Å². The van der Waals surface area contributed by atoms with Crippen molar-refractivity contribution in [2.75, 3.05) is 20.5 Å². The van der Waals surface area contributed by atoms with E-state index in [0.717, 1.165) is 20.6 Å². The Balaban J connectivity index is 2.03. The molecule has 9 heteroatoms. The van der Waals surface area contributed by atoms with Crippen molar-refractivity contribution >= 4 is 44.5 Å². The number of thioether (sulfide) groups is 1. The zero-order valence-corrected chi connectivity index (χ0v) is 17.8. The van der Waals surface area contributed by atoms with Crippen LogP contribution < -0.4 is 25.4 Å². The lowest BCUT2D eigenvalue weighted by Crippen LogP contribution is -2.50. The van der Waals surface area contributed by atoms with Gasteiger partial charge in [0.1, 0.15) is 5.70 Å². The molecule has 4 rings (SSSR count). The molecule has 2 aliphatic heterocycles. The number of methoxy groups -OCH3 is 2. The van der Waals surface area contributed by atoms with Gasteiger partial charge in [-0.15, -0.1) is 5.10 Å². The lowest BCUT2D eigenvalue weighted by molar-refractivity contribution is -0.116. The smallest absolute Gasteiger partial charge is 0.276 e. The highest BCUT2D eigenvalue weighted by Gasteiger charge is 2.36. The minimum absolute atomic E-state index is 0.215. The molecule has 2 heterocycles. The molecule has 0 unspecified atom stereocenters. The van der Waals surface area contributed by atoms with Gasteiger partial charge >= 0.3 is 0 Å². The van der Waals surface area contributed by atoms with Crippen LogP contribution >= 0.6 is 27.7 Å². The number of fused-ring (bicyclic) bond motifs is 2. The molecular formula is C19H17BrN4O3S. The predicted molar refractivity (Wildman–Crippen MR) is 112 cm³/mol. The van der Waals surface area contributed by atoms with Crippen LogP contribution in [0.3, 0.4) is 0 Å². The molecule has 1 amide bonds. The van der Waals surface area contributed by atoms with Crippen molar-refractivity contribution in [3.8, 4) is 11.5 Å². The van der Waals surface area contributed by atoms with Crippen molar-refractivity contribution in [1.82, 2.24) is 10.3 Å². The van der Waals surface area contributed by atoms with Crippen LogP contribution in [0.25, 0.3) is 5.70 Å². The summed E-state index contributed by atoms with van der Waals surface area (Å²) in [5, 5.41) is 11.1. The predicted octanol–water partition coefficient (Wildman–Crippen LogP) is 1.97. The number of nitrogens with zero attached hydrogens (tertiary/aromatic N) is 3. The maximum atomic E-state index is 12.9. The van der Waals surface area contributed by atoms with Gasteiger partial charge < -0.3 is 9.47 Å². The number of rotatable bonds is 3.